The van der Waals surface area contributed by atoms with Gasteiger partial charge >= 0.3 is 0 Å². The third kappa shape index (κ3) is 4.26. The fraction of sp³-hybridized carbons (Fsp3) is 0.538. The van der Waals surface area contributed by atoms with Crippen molar-refractivity contribution >= 4 is 21.6 Å². The predicted octanol–water partition coefficient (Wildman–Crippen LogP) is 1.62. The molecule has 5 nitrogen and oxygen atoms in total. The number of sulfonamides is 1. The number of alkyl halides is 1. The normalized spacial score (nSPS) is 19.6. The summed E-state index contributed by atoms with van der Waals surface area (Å²) < 4.78 is 37.4. The molecule has 1 aliphatic heterocycles. The lowest BCUT2D eigenvalue weighted by Crippen LogP contribution is -2.42. The highest BCUT2D eigenvalue weighted by molar-refractivity contribution is 7.89. The van der Waals surface area contributed by atoms with Gasteiger partial charge in [0.05, 0.1) is 12.3 Å². The topological polar surface area (TPSA) is 64.6 Å². The molecule has 2 rings (SSSR count). The van der Waals surface area contributed by atoms with Gasteiger partial charge in [0.25, 0.3) is 0 Å². The molecule has 1 aromatic rings. The van der Waals surface area contributed by atoms with Gasteiger partial charge in [-0.3, -0.25) is 0 Å². The lowest BCUT2D eigenvalue weighted by atomic mass is 10.2. The minimum absolute atomic E-state index is 0.0145. The molecule has 0 aromatic heterocycles. The molecular formula is C13H18ClNO4S. The van der Waals surface area contributed by atoms with Gasteiger partial charge in [-0.1, -0.05) is 19.1 Å². The molecule has 2 atom stereocenters. The molecule has 1 aromatic carbocycles. The van der Waals surface area contributed by atoms with Crippen molar-refractivity contribution in [1.29, 1.82) is 0 Å². The van der Waals surface area contributed by atoms with Crippen LogP contribution < -0.4 is 14.2 Å². The standard InChI is InChI=1S/C13H18ClNO4S/c1-10(6-14)9-20(16,17)15-7-11-8-18-12-4-2-3-5-13(12)19-11/h2-5,10-11,15H,6-9H2,1H3. The molecule has 0 spiro atoms. The number of hydrogen-bond donors (Lipinski definition) is 1. The first-order chi connectivity index (χ1) is 9.50. The fourth-order valence-electron chi connectivity index (χ4n) is 1.86. The number of ether oxygens (including phenoxy) is 2. The molecule has 0 saturated heterocycles. The smallest absolute Gasteiger partial charge is 0.212 e. The molecule has 20 heavy (non-hydrogen) atoms. The molecular weight excluding hydrogens is 302 g/mol. The second kappa shape index (κ2) is 6.65. The van der Waals surface area contributed by atoms with Crippen molar-refractivity contribution < 1.29 is 17.9 Å². The van der Waals surface area contributed by atoms with Crippen molar-refractivity contribution in [1.82, 2.24) is 4.72 Å². The quantitative estimate of drug-likeness (QED) is 0.809. The van der Waals surface area contributed by atoms with Gasteiger partial charge in [-0.05, 0) is 18.1 Å². The second-order valence-corrected chi connectivity index (χ2v) is 7.05. The number of fused-ring (bicyclic) bond motifs is 1. The van der Waals surface area contributed by atoms with Crippen LogP contribution in [0.25, 0.3) is 0 Å². The Kier molecular flexibility index (Phi) is 5.12. The molecule has 0 bridgehead atoms. The first-order valence-electron chi connectivity index (χ1n) is 6.42. The molecule has 1 heterocycles. The lowest BCUT2D eigenvalue weighted by Gasteiger charge is -2.26. The number of nitrogens with one attached hydrogen (secondary N) is 1. The van der Waals surface area contributed by atoms with Crippen molar-refractivity contribution in [3.05, 3.63) is 24.3 Å². The third-order valence-electron chi connectivity index (χ3n) is 2.87. The van der Waals surface area contributed by atoms with Gasteiger partial charge in [0.1, 0.15) is 12.7 Å². The van der Waals surface area contributed by atoms with Gasteiger partial charge in [-0.2, -0.15) is 0 Å². The largest absolute Gasteiger partial charge is 0.486 e. The molecule has 1 aliphatic rings. The number of halogens is 1. The Bertz CT molecular complexity index is 549. The summed E-state index contributed by atoms with van der Waals surface area (Å²) in [5.74, 6) is 1.57. The molecule has 0 aliphatic carbocycles. The van der Waals surface area contributed by atoms with E-state index in [1.165, 1.54) is 0 Å². The van der Waals surface area contributed by atoms with E-state index in [1.54, 1.807) is 13.0 Å². The van der Waals surface area contributed by atoms with Crippen molar-refractivity contribution in [2.45, 2.75) is 13.0 Å². The summed E-state index contributed by atoms with van der Waals surface area (Å²) in [7, 11) is -3.34. The SMILES string of the molecule is CC(CCl)CS(=O)(=O)NCC1COc2ccccc2O1. The van der Waals surface area contributed by atoms with E-state index < -0.39 is 10.0 Å². The van der Waals surface area contributed by atoms with Crippen LogP contribution in [0.1, 0.15) is 6.92 Å². The molecule has 0 radical (unpaired) electrons. The van der Waals surface area contributed by atoms with E-state index in [1.807, 2.05) is 18.2 Å². The van der Waals surface area contributed by atoms with E-state index in [9.17, 15) is 8.42 Å². The van der Waals surface area contributed by atoms with Crippen LogP contribution in [0.3, 0.4) is 0 Å². The highest BCUT2D eigenvalue weighted by atomic mass is 35.5. The molecule has 0 fully saturated rings. The van der Waals surface area contributed by atoms with Crippen molar-refractivity contribution in [3.8, 4) is 11.5 Å². The van der Waals surface area contributed by atoms with Crippen LogP contribution in [0, 0.1) is 5.92 Å². The average Bonchev–Trinajstić information content (AvgIpc) is 2.44. The van der Waals surface area contributed by atoms with E-state index in [0.717, 1.165) is 0 Å². The highest BCUT2D eigenvalue weighted by Crippen LogP contribution is 2.30. The summed E-state index contributed by atoms with van der Waals surface area (Å²) >= 11 is 5.63. The van der Waals surface area contributed by atoms with Crippen LogP contribution in [-0.2, 0) is 10.0 Å². The fourth-order valence-corrected chi connectivity index (χ4v) is 3.52. The number of hydrogen-bond acceptors (Lipinski definition) is 4. The minimum atomic E-state index is -3.34. The Morgan fingerprint density at radius 2 is 2.10 bits per heavy atom. The third-order valence-corrected chi connectivity index (χ3v) is 5.01. The Morgan fingerprint density at radius 1 is 1.40 bits per heavy atom. The zero-order chi connectivity index (χ0) is 14.6. The Balaban J connectivity index is 1.87. The van der Waals surface area contributed by atoms with Crippen molar-refractivity contribution in [2.24, 2.45) is 5.92 Å². The maximum Gasteiger partial charge on any atom is 0.212 e. The van der Waals surface area contributed by atoms with Crippen LogP contribution in [-0.4, -0.2) is 39.3 Å². The van der Waals surface area contributed by atoms with E-state index in [2.05, 4.69) is 4.72 Å². The Hall–Kier alpha value is -0.980. The highest BCUT2D eigenvalue weighted by Gasteiger charge is 2.23. The zero-order valence-electron chi connectivity index (χ0n) is 11.2. The van der Waals surface area contributed by atoms with Crippen molar-refractivity contribution in [3.63, 3.8) is 0 Å². The van der Waals surface area contributed by atoms with Crippen molar-refractivity contribution in [2.75, 3.05) is 24.8 Å². The van der Waals surface area contributed by atoms with Crippen LogP contribution >= 0.6 is 11.6 Å². The maximum atomic E-state index is 11.8. The first-order valence-corrected chi connectivity index (χ1v) is 8.60. The lowest BCUT2D eigenvalue weighted by molar-refractivity contribution is 0.0943. The Labute approximate surface area is 124 Å². The minimum Gasteiger partial charge on any atom is -0.486 e. The van der Waals surface area contributed by atoms with Crippen LogP contribution in [0.4, 0.5) is 0 Å². The van der Waals surface area contributed by atoms with E-state index >= 15 is 0 Å². The average molecular weight is 320 g/mol. The first kappa shape index (κ1) is 15.4. The summed E-state index contributed by atoms with van der Waals surface area (Å²) in [4.78, 5) is 0. The van der Waals surface area contributed by atoms with Gasteiger partial charge in [0, 0.05) is 5.88 Å². The monoisotopic (exact) mass is 319 g/mol. The maximum absolute atomic E-state index is 11.8. The van der Waals surface area contributed by atoms with E-state index in [0.29, 0.717) is 24.0 Å². The van der Waals surface area contributed by atoms with E-state index in [-0.39, 0.29) is 24.3 Å². The van der Waals surface area contributed by atoms with Gasteiger partial charge in [-0.15, -0.1) is 11.6 Å². The molecule has 0 saturated carbocycles. The van der Waals surface area contributed by atoms with Gasteiger partial charge in [0.2, 0.25) is 10.0 Å². The second-order valence-electron chi connectivity index (χ2n) is 4.89. The Morgan fingerprint density at radius 3 is 2.80 bits per heavy atom. The summed E-state index contributed by atoms with van der Waals surface area (Å²) in [6.07, 6.45) is -0.328. The molecule has 112 valence electrons. The summed E-state index contributed by atoms with van der Waals surface area (Å²) in [6.45, 7) is 2.30. The predicted molar refractivity (Wildman–Crippen MR) is 78.0 cm³/mol. The zero-order valence-corrected chi connectivity index (χ0v) is 12.8. The van der Waals surface area contributed by atoms with Crippen LogP contribution in [0.2, 0.25) is 0 Å². The van der Waals surface area contributed by atoms with Gasteiger partial charge in [-0.25, -0.2) is 13.1 Å². The summed E-state index contributed by atoms with van der Waals surface area (Å²) in [5.41, 5.74) is 0. The molecule has 0 amide bonds. The summed E-state index contributed by atoms with van der Waals surface area (Å²) in [6, 6.07) is 7.32. The van der Waals surface area contributed by atoms with Gasteiger partial charge < -0.3 is 9.47 Å². The molecule has 2 unspecified atom stereocenters. The van der Waals surface area contributed by atoms with E-state index in [4.69, 9.17) is 21.1 Å². The van der Waals surface area contributed by atoms with Crippen LogP contribution in [0.15, 0.2) is 24.3 Å². The number of para-hydroxylation sites is 2. The number of rotatable bonds is 6. The van der Waals surface area contributed by atoms with Crippen LogP contribution in [0.5, 0.6) is 11.5 Å². The molecule has 7 heteroatoms. The number of benzene rings is 1. The molecule has 1 N–H and O–H groups in total. The van der Waals surface area contributed by atoms with Gasteiger partial charge in [0.15, 0.2) is 11.5 Å². The summed E-state index contributed by atoms with van der Waals surface area (Å²) in [5, 5.41) is 0.